The van der Waals surface area contributed by atoms with Crippen molar-refractivity contribution in [1.82, 2.24) is 20.2 Å². The Labute approximate surface area is 97.9 Å². The summed E-state index contributed by atoms with van der Waals surface area (Å²) in [6, 6.07) is 1.75. The van der Waals surface area contributed by atoms with E-state index in [-0.39, 0.29) is 0 Å². The highest BCUT2D eigenvalue weighted by Gasteiger charge is 2.08. The highest BCUT2D eigenvalue weighted by molar-refractivity contribution is 9.10. The van der Waals surface area contributed by atoms with Crippen molar-refractivity contribution in [3.05, 3.63) is 26.5 Å². The van der Waals surface area contributed by atoms with E-state index in [2.05, 4.69) is 36.1 Å². The van der Waals surface area contributed by atoms with Gasteiger partial charge in [-0.05, 0) is 34.2 Å². The van der Waals surface area contributed by atoms with Crippen molar-refractivity contribution in [1.29, 1.82) is 0 Å². The number of hydrogen-bond donors (Lipinski definition) is 2. The Bertz CT molecular complexity index is 520. The average Bonchev–Trinajstić information content (AvgIpc) is 2.51. The molecule has 0 amide bonds. The van der Waals surface area contributed by atoms with Crippen LogP contribution in [0.1, 0.15) is 0 Å². The smallest absolute Gasteiger partial charge is 0.213 e. The van der Waals surface area contributed by atoms with Crippen LogP contribution >= 0.6 is 39.7 Å². The summed E-state index contributed by atoms with van der Waals surface area (Å²) in [4.78, 5) is 8.14. The van der Waals surface area contributed by atoms with Crippen molar-refractivity contribution in [2.75, 3.05) is 0 Å². The van der Waals surface area contributed by atoms with Gasteiger partial charge in [0.2, 0.25) is 4.77 Å². The molecule has 0 aliphatic rings. The number of rotatable bonds is 1. The Kier molecular flexibility index (Phi) is 2.66. The highest BCUT2D eigenvalue weighted by atomic mass is 79.9. The van der Waals surface area contributed by atoms with Gasteiger partial charge in [-0.3, -0.25) is 15.2 Å². The lowest BCUT2D eigenvalue weighted by Crippen LogP contribution is -1.87. The molecule has 0 aliphatic heterocycles. The van der Waals surface area contributed by atoms with E-state index < -0.39 is 0 Å². The minimum Gasteiger partial charge on any atom is -0.280 e. The highest BCUT2D eigenvalue weighted by Crippen LogP contribution is 2.24. The minimum absolute atomic E-state index is 0.376. The molecule has 2 aromatic rings. The first-order chi connectivity index (χ1) is 6.66. The van der Waals surface area contributed by atoms with E-state index in [1.54, 1.807) is 12.3 Å². The van der Waals surface area contributed by atoms with Gasteiger partial charge in [0.15, 0.2) is 5.82 Å². The van der Waals surface area contributed by atoms with Crippen LogP contribution in [0.5, 0.6) is 0 Å². The van der Waals surface area contributed by atoms with E-state index in [0.29, 0.717) is 21.3 Å². The maximum atomic E-state index is 5.97. The molecular formula is C7H4BrClN4S. The molecule has 0 spiro atoms. The molecule has 0 atom stereocenters. The van der Waals surface area contributed by atoms with Gasteiger partial charge in [0, 0.05) is 10.7 Å². The second kappa shape index (κ2) is 3.80. The van der Waals surface area contributed by atoms with Gasteiger partial charge < -0.3 is 0 Å². The van der Waals surface area contributed by atoms with Crippen LogP contribution in [0.3, 0.4) is 0 Å². The molecule has 72 valence electrons. The number of halogens is 2. The predicted octanol–water partition coefficient (Wildman–Crippen LogP) is 2.95. The van der Waals surface area contributed by atoms with Crippen molar-refractivity contribution < 1.29 is 0 Å². The molecule has 7 heteroatoms. The molecule has 0 aliphatic carbocycles. The summed E-state index contributed by atoms with van der Waals surface area (Å²) in [7, 11) is 0. The third kappa shape index (κ3) is 1.87. The monoisotopic (exact) mass is 290 g/mol. The standard InChI is InChI=1S/C7H4BrClN4S/c8-3-1-4(9)5(10-2-3)6-11-7(14)13-12-6/h1-2H,(H2,11,12,13,14). The van der Waals surface area contributed by atoms with Gasteiger partial charge in [-0.25, -0.2) is 0 Å². The first kappa shape index (κ1) is 9.82. The van der Waals surface area contributed by atoms with E-state index in [1.807, 2.05) is 0 Å². The summed E-state index contributed by atoms with van der Waals surface area (Å²) in [5.41, 5.74) is 0.571. The van der Waals surface area contributed by atoms with E-state index in [4.69, 9.17) is 23.8 Å². The Morgan fingerprint density at radius 2 is 2.21 bits per heavy atom. The fraction of sp³-hybridized carbons (Fsp3) is 0. The van der Waals surface area contributed by atoms with Crippen molar-refractivity contribution in [2.45, 2.75) is 0 Å². The molecule has 4 nitrogen and oxygen atoms in total. The van der Waals surface area contributed by atoms with Gasteiger partial charge >= 0.3 is 0 Å². The third-order valence-corrected chi connectivity index (χ3v) is 2.45. The number of H-pyrrole nitrogens is 2. The summed E-state index contributed by atoms with van der Waals surface area (Å²) in [6.07, 6.45) is 1.65. The first-order valence-corrected chi connectivity index (χ1v) is 5.21. The molecule has 0 fully saturated rings. The summed E-state index contributed by atoms with van der Waals surface area (Å²) < 4.78 is 1.20. The lowest BCUT2D eigenvalue weighted by Gasteiger charge is -1.98. The second-order valence-corrected chi connectivity index (χ2v) is 4.21. The second-order valence-electron chi connectivity index (χ2n) is 2.50. The van der Waals surface area contributed by atoms with Gasteiger partial charge in [-0.15, -0.1) is 0 Å². The van der Waals surface area contributed by atoms with Crippen LogP contribution in [0.2, 0.25) is 5.02 Å². The average molecular weight is 292 g/mol. The van der Waals surface area contributed by atoms with E-state index in [1.165, 1.54) is 0 Å². The molecule has 0 saturated carbocycles. The van der Waals surface area contributed by atoms with Crippen LogP contribution in [-0.4, -0.2) is 20.2 Å². The van der Waals surface area contributed by atoms with Crippen LogP contribution in [0, 0.1) is 4.77 Å². The molecule has 0 unspecified atom stereocenters. The number of hydrogen-bond acceptors (Lipinski definition) is 3. The normalized spacial score (nSPS) is 10.4. The van der Waals surface area contributed by atoms with Gasteiger partial charge in [-0.2, -0.15) is 4.98 Å². The number of aromatic amines is 2. The summed E-state index contributed by atoms with van der Waals surface area (Å²) in [6.45, 7) is 0. The van der Waals surface area contributed by atoms with Crippen LogP contribution in [0.25, 0.3) is 11.5 Å². The molecular weight excluding hydrogens is 288 g/mol. The van der Waals surface area contributed by atoms with Crippen molar-refractivity contribution in [3.63, 3.8) is 0 Å². The SMILES string of the molecule is S=c1nc(-c2ncc(Br)cc2Cl)[nH][nH]1. The number of nitrogens with zero attached hydrogens (tertiary/aromatic N) is 2. The van der Waals surface area contributed by atoms with E-state index in [9.17, 15) is 0 Å². The minimum atomic E-state index is 0.376. The number of aromatic nitrogens is 4. The Balaban J connectivity index is 2.57. The molecule has 0 radical (unpaired) electrons. The van der Waals surface area contributed by atoms with E-state index in [0.717, 1.165) is 4.47 Å². The van der Waals surface area contributed by atoms with E-state index >= 15 is 0 Å². The number of nitrogens with one attached hydrogen (secondary N) is 2. The Morgan fingerprint density at radius 1 is 1.43 bits per heavy atom. The van der Waals surface area contributed by atoms with Crippen molar-refractivity contribution >= 4 is 39.7 Å². The zero-order valence-corrected chi connectivity index (χ0v) is 9.87. The Morgan fingerprint density at radius 3 is 2.79 bits per heavy atom. The lowest BCUT2D eigenvalue weighted by molar-refractivity contribution is 1.07. The predicted molar refractivity (Wildman–Crippen MR) is 59.7 cm³/mol. The van der Waals surface area contributed by atoms with Crippen LogP contribution in [0.15, 0.2) is 16.7 Å². The topological polar surface area (TPSA) is 57.4 Å². The molecule has 2 heterocycles. The molecule has 0 aromatic carbocycles. The van der Waals surface area contributed by atoms with Gasteiger partial charge in [0.1, 0.15) is 5.69 Å². The van der Waals surface area contributed by atoms with Gasteiger partial charge in [0.05, 0.1) is 5.02 Å². The molecule has 14 heavy (non-hydrogen) atoms. The lowest BCUT2D eigenvalue weighted by atomic mass is 10.3. The first-order valence-electron chi connectivity index (χ1n) is 3.63. The molecule has 2 N–H and O–H groups in total. The molecule has 2 aromatic heterocycles. The van der Waals surface area contributed by atoms with Crippen LogP contribution in [-0.2, 0) is 0 Å². The van der Waals surface area contributed by atoms with Crippen molar-refractivity contribution in [2.24, 2.45) is 0 Å². The summed E-state index contributed by atoms with van der Waals surface area (Å²) >= 11 is 14.1. The maximum Gasteiger partial charge on any atom is 0.213 e. The van der Waals surface area contributed by atoms with Crippen molar-refractivity contribution in [3.8, 4) is 11.5 Å². The third-order valence-electron chi connectivity index (χ3n) is 1.53. The van der Waals surface area contributed by atoms with Gasteiger partial charge in [-0.1, -0.05) is 11.6 Å². The molecule has 2 rings (SSSR count). The zero-order chi connectivity index (χ0) is 10.1. The molecule has 0 saturated heterocycles. The fourth-order valence-electron chi connectivity index (χ4n) is 0.971. The zero-order valence-electron chi connectivity index (χ0n) is 6.71. The number of pyridine rings is 1. The largest absolute Gasteiger partial charge is 0.280 e. The maximum absolute atomic E-state index is 5.97. The Hall–Kier alpha value is -0.720. The van der Waals surface area contributed by atoms with Gasteiger partial charge in [0.25, 0.3) is 0 Å². The summed E-state index contributed by atoms with van der Waals surface area (Å²) in [5, 5.41) is 5.97. The van der Waals surface area contributed by atoms with Crippen LogP contribution in [0.4, 0.5) is 0 Å². The summed E-state index contributed by atoms with van der Waals surface area (Å²) in [5.74, 6) is 0.535. The van der Waals surface area contributed by atoms with Crippen LogP contribution < -0.4 is 0 Å². The quantitative estimate of drug-likeness (QED) is 0.794. The molecule has 0 bridgehead atoms. The fourth-order valence-corrected chi connectivity index (χ4v) is 1.83.